The number of hydrogen-bond acceptors (Lipinski definition) is 3. The van der Waals surface area contributed by atoms with E-state index in [9.17, 15) is 4.39 Å². The van der Waals surface area contributed by atoms with Crippen molar-refractivity contribution in [2.45, 2.75) is 38.6 Å². The highest BCUT2D eigenvalue weighted by Crippen LogP contribution is 2.33. The second-order valence-electron chi connectivity index (χ2n) is 6.17. The maximum atomic E-state index is 13.0. The molecule has 0 radical (unpaired) electrons. The molecule has 112 valence electrons. The van der Waals surface area contributed by atoms with Crippen LogP contribution in [-0.2, 0) is 6.42 Å². The van der Waals surface area contributed by atoms with E-state index in [1.165, 1.54) is 25.0 Å². The average Bonchev–Trinajstić information content (AvgIpc) is 3.10. The summed E-state index contributed by atoms with van der Waals surface area (Å²) in [6.07, 6.45) is 3.43. The Morgan fingerprint density at radius 3 is 2.71 bits per heavy atom. The third kappa shape index (κ3) is 3.01. The van der Waals surface area contributed by atoms with Crippen LogP contribution in [0.1, 0.15) is 32.4 Å². The number of nitrogens with one attached hydrogen (secondary N) is 1. The highest BCUT2D eigenvalue weighted by atomic mass is 32.1. The summed E-state index contributed by atoms with van der Waals surface area (Å²) in [6, 6.07) is 6.57. The number of thiazole rings is 1. The molecule has 1 unspecified atom stereocenters. The highest BCUT2D eigenvalue weighted by Gasteiger charge is 2.37. The summed E-state index contributed by atoms with van der Waals surface area (Å²) in [5, 5.41) is 6.81. The van der Waals surface area contributed by atoms with Crippen LogP contribution < -0.4 is 5.32 Å². The normalized spacial score (nSPS) is 22.1. The first-order chi connectivity index (χ1) is 10.1. The summed E-state index contributed by atoms with van der Waals surface area (Å²) >= 11 is 1.64. The number of nitrogens with zero attached hydrogens (tertiary/aromatic N) is 1. The summed E-state index contributed by atoms with van der Waals surface area (Å²) < 4.78 is 13.0. The number of hydrogen-bond donors (Lipinski definition) is 1. The Bertz CT molecular complexity index is 598. The number of rotatable bonds is 4. The summed E-state index contributed by atoms with van der Waals surface area (Å²) in [5.41, 5.74) is 2.32. The molecule has 1 atom stereocenters. The van der Waals surface area contributed by atoms with Gasteiger partial charge < -0.3 is 5.32 Å². The minimum absolute atomic E-state index is 0.189. The van der Waals surface area contributed by atoms with Gasteiger partial charge in [-0.05, 0) is 49.6 Å². The molecule has 1 fully saturated rings. The Kier molecular flexibility index (Phi) is 4.09. The lowest BCUT2D eigenvalue weighted by atomic mass is 9.81. The second kappa shape index (κ2) is 5.85. The molecule has 0 aliphatic carbocycles. The summed E-state index contributed by atoms with van der Waals surface area (Å²) in [4.78, 5) is 4.76. The summed E-state index contributed by atoms with van der Waals surface area (Å²) in [6.45, 7) is 5.67. The Morgan fingerprint density at radius 2 is 2.10 bits per heavy atom. The van der Waals surface area contributed by atoms with Gasteiger partial charge in [-0.25, -0.2) is 9.37 Å². The second-order valence-corrected chi connectivity index (χ2v) is 7.03. The Hall–Kier alpha value is -1.26. The van der Waals surface area contributed by atoms with Gasteiger partial charge in [-0.2, -0.15) is 0 Å². The molecule has 0 saturated carbocycles. The van der Waals surface area contributed by atoms with Crippen LogP contribution >= 0.6 is 11.3 Å². The first-order valence-corrected chi connectivity index (χ1v) is 8.42. The van der Waals surface area contributed by atoms with E-state index in [2.05, 4.69) is 24.5 Å². The lowest BCUT2D eigenvalue weighted by Crippen LogP contribution is -2.46. The van der Waals surface area contributed by atoms with E-state index in [4.69, 9.17) is 4.98 Å². The molecule has 0 amide bonds. The standard InChI is InChI=1S/C17H21FN2S/c1-12(2)17(8-3-9-19-17)10-15-11-21-16(20-15)13-4-6-14(18)7-5-13/h4-7,11-12,19H,3,8-10H2,1-2H3. The van der Waals surface area contributed by atoms with E-state index in [0.717, 1.165) is 29.2 Å². The molecule has 0 spiro atoms. The molecular weight excluding hydrogens is 283 g/mol. The SMILES string of the molecule is CC(C)C1(Cc2csc(-c3ccc(F)cc3)n2)CCCN1. The molecule has 2 aromatic rings. The maximum Gasteiger partial charge on any atom is 0.123 e. The van der Waals surface area contributed by atoms with Crippen molar-refractivity contribution in [2.75, 3.05) is 6.54 Å². The van der Waals surface area contributed by atoms with Crippen LogP contribution in [0, 0.1) is 11.7 Å². The molecule has 1 aromatic carbocycles. The molecule has 0 bridgehead atoms. The molecule has 1 aromatic heterocycles. The summed E-state index contributed by atoms with van der Waals surface area (Å²) in [5.74, 6) is 0.389. The lowest BCUT2D eigenvalue weighted by molar-refractivity contribution is 0.267. The van der Waals surface area contributed by atoms with Crippen LogP contribution in [0.2, 0.25) is 0 Å². The minimum atomic E-state index is -0.204. The smallest absolute Gasteiger partial charge is 0.123 e. The third-order valence-corrected chi connectivity index (χ3v) is 5.46. The van der Waals surface area contributed by atoms with Crippen molar-refractivity contribution in [3.8, 4) is 10.6 Å². The molecule has 21 heavy (non-hydrogen) atoms. The fourth-order valence-corrected chi connectivity index (χ4v) is 3.94. The van der Waals surface area contributed by atoms with E-state index in [1.54, 1.807) is 23.5 Å². The van der Waals surface area contributed by atoms with Gasteiger partial charge in [-0.1, -0.05) is 13.8 Å². The van der Waals surface area contributed by atoms with Crippen molar-refractivity contribution in [1.29, 1.82) is 0 Å². The Balaban J connectivity index is 1.80. The van der Waals surface area contributed by atoms with Crippen LogP contribution in [0.5, 0.6) is 0 Å². The summed E-state index contributed by atoms with van der Waals surface area (Å²) in [7, 11) is 0. The van der Waals surface area contributed by atoms with Gasteiger partial charge in [0.1, 0.15) is 10.8 Å². The van der Waals surface area contributed by atoms with Crippen molar-refractivity contribution >= 4 is 11.3 Å². The Labute approximate surface area is 129 Å². The van der Waals surface area contributed by atoms with Crippen LogP contribution in [-0.4, -0.2) is 17.1 Å². The third-order valence-electron chi connectivity index (χ3n) is 4.52. The fraction of sp³-hybridized carbons (Fsp3) is 0.471. The quantitative estimate of drug-likeness (QED) is 0.912. The predicted molar refractivity (Wildman–Crippen MR) is 86.0 cm³/mol. The van der Waals surface area contributed by atoms with Gasteiger partial charge in [0.15, 0.2) is 0 Å². The zero-order valence-electron chi connectivity index (χ0n) is 12.5. The highest BCUT2D eigenvalue weighted by molar-refractivity contribution is 7.13. The van der Waals surface area contributed by atoms with E-state index < -0.39 is 0 Å². The van der Waals surface area contributed by atoms with Gasteiger partial charge in [0.05, 0.1) is 5.69 Å². The molecule has 4 heteroatoms. The van der Waals surface area contributed by atoms with E-state index in [1.807, 2.05) is 0 Å². The predicted octanol–water partition coefficient (Wildman–Crippen LogP) is 4.27. The number of halogens is 1. The first-order valence-electron chi connectivity index (χ1n) is 7.54. The van der Waals surface area contributed by atoms with Gasteiger partial charge in [0, 0.05) is 22.9 Å². The molecular formula is C17H21FN2S. The molecule has 2 heterocycles. The molecule has 1 aliphatic heterocycles. The fourth-order valence-electron chi connectivity index (χ4n) is 3.11. The van der Waals surface area contributed by atoms with Gasteiger partial charge in [0.25, 0.3) is 0 Å². The van der Waals surface area contributed by atoms with E-state index in [0.29, 0.717) is 5.92 Å². The van der Waals surface area contributed by atoms with Crippen LogP contribution in [0.25, 0.3) is 10.6 Å². The molecule has 1 N–H and O–H groups in total. The zero-order valence-corrected chi connectivity index (χ0v) is 13.3. The molecule has 3 rings (SSSR count). The van der Waals surface area contributed by atoms with Crippen LogP contribution in [0.3, 0.4) is 0 Å². The van der Waals surface area contributed by atoms with Crippen molar-refractivity contribution in [3.63, 3.8) is 0 Å². The van der Waals surface area contributed by atoms with Crippen LogP contribution in [0.15, 0.2) is 29.6 Å². The van der Waals surface area contributed by atoms with E-state index in [-0.39, 0.29) is 11.4 Å². The number of aromatic nitrogens is 1. The zero-order chi connectivity index (χ0) is 14.9. The van der Waals surface area contributed by atoms with Crippen molar-refractivity contribution < 1.29 is 4.39 Å². The van der Waals surface area contributed by atoms with E-state index >= 15 is 0 Å². The molecule has 1 saturated heterocycles. The molecule has 2 nitrogen and oxygen atoms in total. The topological polar surface area (TPSA) is 24.9 Å². The first kappa shape index (κ1) is 14.7. The van der Waals surface area contributed by atoms with Gasteiger partial charge >= 0.3 is 0 Å². The van der Waals surface area contributed by atoms with Crippen molar-refractivity contribution in [3.05, 3.63) is 41.2 Å². The van der Waals surface area contributed by atoms with Gasteiger partial charge in [-0.15, -0.1) is 11.3 Å². The maximum absolute atomic E-state index is 13.0. The van der Waals surface area contributed by atoms with Crippen molar-refractivity contribution in [2.24, 2.45) is 5.92 Å². The Morgan fingerprint density at radius 1 is 1.33 bits per heavy atom. The monoisotopic (exact) mass is 304 g/mol. The largest absolute Gasteiger partial charge is 0.311 e. The number of benzene rings is 1. The lowest BCUT2D eigenvalue weighted by Gasteiger charge is -2.33. The minimum Gasteiger partial charge on any atom is -0.311 e. The van der Waals surface area contributed by atoms with Gasteiger partial charge in [0.2, 0.25) is 0 Å². The average molecular weight is 304 g/mol. The van der Waals surface area contributed by atoms with Gasteiger partial charge in [-0.3, -0.25) is 0 Å². The molecule has 1 aliphatic rings. The van der Waals surface area contributed by atoms with Crippen molar-refractivity contribution in [1.82, 2.24) is 10.3 Å². The van der Waals surface area contributed by atoms with Crippen LogP contribution in [0.4, 0.5) is 4.39 Å².